The van der Waals surface area contributed by atoms with E-state index in [1.54, 1.807) is 24.3 Å². The molecule has 0 aromatic heterocycles. The van der Waals surface area contributed by atoms with Gasteiger partial charge in [-0.25, -0.2) is 0 Å². The number of fused-ring (bicyclic) bond motifs is 5. The first-order valence-electron chi connectivity index (χ1n) is 21.3. The van der Waals surface area contributed by atoms with E-state index in [1.807, 2.05) is 36.4 Å². The number of benzene rings is 6. The zero-order valence-electron chi connectivity index (χ0n) is 34.7. The van der Waals surface area contributed by atoms with Crippen molar-refractivity contribution in [2.45, 2.75) is 60.2 Å². The van der Waals surface area contributed by atoms with Gasteiger partial charge in [0.05, 0.1) is 0 Å². The van der Waals surface area contributed by atoms with Crippen LogP contribution in [0.2, 0.25) is 0 Å². The van der Waals surface area contributed by atoms with Crippen LogP contribution in [0.15, 0.2) is 139 Å². The van der Waals surface area contributed by atoms with E-state index in [9.17, 15) is 43.5 Å². The van der Waals surface area contributed by atoms with Gasteiger partial charge in [-0.3, -0.25) is 0 Å². The van der Waals surface area contributed by atoms with E-state index in [-0.39, 0.29) is 23.0 Å². The van der Waals surface area contributed by atoms with E-state index in [2.05, 4.69) is 70.2 Å². The van der Waals surface area contributed by atoms with E-state index in [1.165, 1.54) is 34.6 Å². The fourth-order valence-electron chi connectivity index (χ4n) is 10.8. The van der Waals surface area contributed by atoms with E-state index in [4.69, 9.17) is 0 Å². The fraction of sp³-hybridized carbons (Fsp3) is 0.231. The van der Waals surface area contributed by atoms with Gasteiger partial charge in [-0.1, -0.05) is 0 Å². The number of allylic oxidation sites excluding steroid dienone is 2. The summed E-state index contributed by atoms with van der Waals surface area (Å²) in [5, 5.41) is 2.47. The Morgan fingerprint density at radius 2 is 0.919 bits per heavy atom. The average Bonchev–Trinajstić information content (AvgIpc) is 3.98. The first kappa shape index (κ1) is 43.3. The monoisotopic (exact) mass is 1060 g/mol. The topological polar surface area (TPSA) is 0 Å². The summed E-state index contributed by atoms with van der Waals surface area (Å²) in [6, 6.07) is 37.3. The van der Waals surface area contributed by atoms with E-state index >= 15 is 0 Å². The zero-order chi connectivity index (χ0) is 44.0. The first-order valence-corrected chi connectivity index (χ1v) is 37.5. The van der Waals surface area contributed by atoms with Gasteiger partial charge in [-0.05, 0) is 0 Å². The summed E-state index contributed by atoms with van der Waals surface area (Å²) in [6.45, 7) is 8.48. The zero-order valence-corrected chi connectivity index (χ0v) is 41.3. The minimum atomic E-state index is -6.38. The van der Waals surface area contributed by atoms with Crippen molar-refractivity contribution in [3.8, 4) is 33.4 Å². The molecule has 1 aliphatic heterocycles. The van der Waals surface area contributed by atoms with Gasteiger partial charge in [0, 0.05) is 0 Å². The van der Waals surface area contributed by atoms with Gasteiger partial charge in [0.15, 0.2) is 0 Å². The molecule has 0 bridgehead atoms. The second kappa shape index (κ2) is 15.6. The van der Waals surface area contributed by atoms with Crippen LogP contribution in [0.3, 0.4) is 0 Å². The number of hydrogen-bond donors (Lipinski definition) is 0. The predicted molar refractivity (Wildman–Crippen MR) is 245 cm³/mol. The minimum absolute atomic E-state index is 0.0563. The molecule has 6 aromatic rings. The maximum absolute atomic E-state index is 14.8. The molecular formula is C52H45Cl2F6HfSi. The van der Waals surface area contributed by atoms with Crippen LogP contribution in [0.4, 0.5) is 26.3 Å². The molecule has 0 fully saturated rings. The van der Waals surface area contributed by atoms with Crippen molar-refractivity contribution >= 4 is 52.5 Å². The number of hydrogen-bond acceptors (Lipinski definition) is 0. The predicted octanol–water partition coefficient (Wildman–Crippen LogP) is 14.1. The molecule has 6 aromatic carbocycles. The normalized spacial score (nSPS) is 18.9. The standard InChI is InChI=1S/2C20H18F3.C12H9Si.2ClH.Hf/c2*1-3-13(2)15-11-14-7-6-9-16(18(14)12-15)17-8-4-5-10-19(17)20(21,22)23;1-3-7-11-9(5-1)10-6-2-4-8-12(10)13-11;;;/h2*4-13H,3H2,1-2H3;1-7H,13H2;2*1H;/q;;;;;+2/p-2. The molecule has 0 spiro atoms. The van der Waals surface area contributed by atoms with Crippen molar-refractivity contribution in [3.05, 3.63) is 172 Å². The van der Waals surface area contributed by atoms with Gasteiger partial charge in [-0.15, -0.1) is 0 Å². The summed E-state index contributed by atoms with van der Waals surface area (Å²) in [6.07, 6.45) is -3.59. The van der Waals surface area contributed by atoms with Crippen molar-refractivity contribution in [2.75, 3.05) is 0 Å². The van der Waals surface area contributed by atoms with Gasteiger partial charge < -0.3 is 0 Å². The van der Waals surface area contributed by atoms with Gasteiger partial charge in [0.2, 0.25) is 0 Å². The Morgan fingerprint density at radius 3 is 1.39 bits per heavy atom. The van der Waals surface area contributed by atoms with Gasteiger partial charge in [-0.2, -0.15) is 0 Å². The van der Waals surface area contributed by atoms with Crippen LogP contribution in [-0.2, 0) is 28.5 Å². The van der Waals surface area contributed by atoms with Crippen molar-refractivity contribution in [3.63, 3.8) is 0 Å². The van der Waals surface area contributed by atoms with Crippen LogP contribution in [0.25, 0.3) is 45.5 Å². The van der Waals surface area contributed by atoms with Crippen LogP contribution < -0.4 is 13.7 Å². The quantitative estimate of drug-likeness (QED) is 0.0998. The molecule has 0 N–H and O–H groups in total. The Kier molecular flexibility index (Phi) is 10.9. The van der Waals surface area contributed by atoms with Gasteiger partial charge in [0.1, 0.15) is 0 Å². The fourth-order valence-corrected chi connectivity index (χ4v) is 50.0. The Balaban J connectivity index is 1.40. The second-order valence-corrected chi connectivity index (χ2v) is 48.4. The molecule has 0 nitrogen and oxygen atoms in total. The van der Waals surface area contributed by atoms with Crippen LogP contribution in [-0.4, -0.2) is 9.52 Å². The van der Waals surface area contributed by atoms with Crippen molar-refractivity contribution in [1.29, 1.82) is 0 Å². The molecular weight excluding hydrogens is 1020 g/mol. The van der Waals surface area contributed by atoms with Crippen molar-refractivity contribution < 1.29 is 42.5 Å². The Labute approximate surface area is 369 Å². The van der Waals surface area contributed by atoms with Crippen molar-refractivity contribution in [2.24, 2.45) is 11.8 Å². The summed E-state index contributed by atoms with van der Waals surface area (Å²) in [5.41, 5.74) is 6.87. The molecule has 4 unspecified atom stereocenters. The third kappa shape index (κ3) is 6.71. The third-order valence-corrected chi connectivity index (χ3v) is 45.5. The van der Waals surface area contributed by atoms with E-state index < -0.39 is 56.5 Å². The maximum atomic E-state index is 14.8. The molecule has 3 aliphatic rings. The number of alkyl halides is 6. The third-order valence-electron chi connectivity index (χ3n) is 14.0. The summed E-state index contributed by atoms with van der Waals surface area (Å²) >= 11 is -6.38. The summed E-state index contributed by atoms with van der Waals surface area (Å²) in [4.78, 5) is 0. The average molecular weight is 1060 g/mol. The SMILES string of the molecule is CCC(C)C1=Cc2c(-c3ccccc3C(F)(F)F)cccc2[CH]1[Hf]([Cl])([Cl])([c]1cccc2c1[SiH2]c1ccccc1-2)[CH]1C(C(C)CC)=Cc2c(-c3ccccc3C(F)(F)F)cccc21. The molecule has 0 saturated heterocycles. The number of halogens is 8. The molecule has 0 saturated carbocycles. The number of rotatable bonds is 9. The molecule has 0 radical (unpaired) electrons. The Morgan fingerprint density at radius 1 is 0.516 bits per heavy atom. The van der Waals surface area contributed by atoms with E-state index in [0.717, 1.165) is 61.7 Å². The van der Waals surface area contributed by atoms with Crippen LogP contribution in [0, 0.1) is 11.8 Å². The van der Waals surface area contributed by atoms with Crippen molar-refractivity contribution in [1.82, 2.24) is 0 Å². The summed E-state index contributed by atoms with van der Waals surface area (Å²) in [7, 11) is 17.2. The summed E-state index contributed by atoms with van der Waals surface area (Å²) in [5.74, 6) is -0.113. The van der Waals surface area contributed by atoms with Crippen LogP contribution in [0.5, 0.6) is 0 Å². The van der Waals surface area contributed by atoms with Crippen LogP contribution in [0.1, 0.15) is 81.3 Å². The Bertz CT molecular complexity index is 2700. The molecule has 62 heavy (non-hydrogen) atoms. The first-order chi connectivity index (χ1) is 29.5. The van der Waals surface area contributed by atoms with E-state index in [0.29, 0.717) is 22.3 Å². The van der Waals surface area contributed by atoms with Gasteiger partial charge >= 0.3 is 372 Å². The molecule has 2 aliphatic carbocycles. The Hall–Kier alpha value is -3.95. The van der Waals surface area contributed by atoms with Crippen LogP contribution >= 0.6 is 17.2 Å². The molecule has 1 heterocycles. The van der Waals surface area contributed by atoms with Gasteiger partial charge in [0.25, 0.3) is 0 Å². The molecule has 317 valence electrons. The summed E-state index contributed by atoms with van der Waals surface area (Å²) < 4.78 is 88.4. The molecule has 9 rings (SSSR count). The molecule has 4 atom stereocenters. The molecule has 0 amide bonds. The molecule has 10 heteroatoms. The second-order valence-electron chi connectivity index (χ2n) is 17.3.